The average molecular weight is 333 g/mol. The summed E-state index contributed by atoms with van der Waals surface area (Å²) in [5.41, 5.74) is 3.89. The Hall–Kier alpha value is -3.28. The van der Waals surface area contributed by atoms with E-state index in [4.69, 9.17) is 0 Å². The maximum Gasteiger partial charge on any atom is 0.181 e. The van der Waals surface area contributed by atoms with Crippen molar-refractivity contribution in [1.82, 2.24) is 20.2 Å². The van der Waals surface area contributed by atoms with Crippen LogP contribution in [0.2, 0.25) is 0 Å². The maximum atomic E-state index is 13.0. The lowest BCUT2D eigenvalue weighted by atomic mass is 10.1. The first-order chi connectivity index (χ1) is 12.2. The fourth-order valence-electron chi connectivity index (χ4n) is 2.76. The molecule has 0 spiro atoms. The van der Waals surface area contributed by atoms with E-state index in [0.29, 0.717) is 18.2 Å². The van der Waals surface area contributed by atoms with Crippen LogP contribution in [0.5, 0.6) is 0 Å². The second-order valence-electron chi connectivity index (χ2n) is 5.80. The third-order valence-corrected chi connectivity index (χ3v) is 4.05. The van der Waals surface area contributed by atoms with Gasteiger partial charge in [0.1, 0.15) is 11.6 Å². The number of benzene rings is 2. The van der Waals surface area contributed by atoms with E-state index in [0.717, 1.165) is 27.7 Å². The summed E-state index contributed by atoms with van der Waals surface area (Å²) in [6, 6.07) is 14.2. The van der Waals surface area contributed by atoms with Gasteiger partial charge in [-0.3, -0.25) is 10.1 Å². The van der Waals surface area contributed by atoms with Crippen molar-refractivity contribution in [3.63, 3.8) is 0 Å². The first-order valence-corrected chi connectivity index (χ1v) is 7.96. The number of nitrogens with one attached hydrogen (secondary N) is 2. The highest BCUT2D eigenvalue weighted by Crippen LogP contribution is 2.24. The molecular formula is C19H16FN5. The Labute approximate surface area is 144 Å². The number of rotatable bonds is 4. The predicted octanol–water partition coefficient (Wildman–Crippen LogP) is 4.08. The standard InChI is InChI=1S/C19H16FN5/c1-12-3-2-4-15-16(9-10-21-18(12)15)22-11-17-23-19(25-24-17)13-5-7-14(20)8-6-13/h2-10H,11H2,1H3,(H,21,22)(H,23,24,25). The van der Waals surface area contributed by atoms with Gasteiger partial charge in [0.25, 0.3) is 0 Å². The number of H-pyrrole nitrogens is 1. The third-order valence-electron chi connectivity index (χ3n) is 4.05. The third kappa shape index (κ3) is 3.06. The molecule has 2 aromatic carbocycles. The highest BCUT2D eigenvalue weighted by atomic mass is 19.1. The minimum Gasteiger partial charge on any atom is -0.377 e. The SMILES string of the molecule is Cc1cccc2c(NCc3nc(-c4ccc(F)cc4)n[nH]3)ccnc12. The molecule has 25 heavy (non-hydrogen) atoms. The summed E-state index contributed by atoms with van der Waals surface area (Å²) in [6.07, 6.45) is 1.79. The van der Waals surface area contributed by atoms with Crippen molar-refractivity contribution in [2.24, 2.45) is 0 Å². The Morgan fingerprint density at radius 3 is 2.76 bits per heavy atom. The molecule has 0 amide bonds. The smallest absolute Gasteiger partial charge is 0.181 e. The lowest BCUT2D eigenvalue weighted by molar-refractivity contribution is 0.628. The van der Waals surface area contributed by atoms with Gasteiger partial charge in [-0.15, -0.1) is 0 Å². The molecule has 2 aromatic heterocycles. The first kappa shape index (κ1) is 15.3. The van der Waals surface area contributed by atoms with Crippen molar-refractivity contribution in [2.45, 2.75) is 13.5 Å². The minimum atomic E-state index is -0.277. The Morgan fingerprint density at radius 1 is 1.08 bits per heavy atom. The van der Waals surface area contributed by atoms with Crippen LogP contribution in [0.1, 0.15) is 11.4 Å². The topological polar surface area (TPSA) is 66.5 Å². The van der Waals surface area contributed by atoms with Gasteiger partial charge in [-0.25, -0.2) is 9.37 Å². The van der Waals surface area contributed by atoms with Gasteiger partial charge in [-0.1, -0.05) is 18.2 Å². The number of fused-ring (bicyclic) bond motifs is 1. The Kier molecular flexibility index (Phi) is 3.85. The summed E-state index contributed by atoms with van der Waals surface area (Å²) >= 11 is 0. The molecule has 6 heteroatoms. The van der Waals surface area contributed by atoms with Gasteiger partial charge in [0.05, 0.1) is 12.1 Å². The van der Waals surface area contributed by atoms with E-state index in [1.54, 1.807) is 18.3 Å². The number of pyridine rings is 1. The molecule has 0 fully saturated rings. The van der Waals surface area contributed by atoms with Crippen LogP contribution in [0.25, 0.3) is 22.3 Å². The molecule has 0 aliphatic rings. The summed E-state index contributed by atoms with van der Waals surface area (Å²) in [5, 5.41) is 11.6. The normalized spacial score (nSPS) is 11.0. The fourth-order valence-corrected chi connectivity index (χ4v) is 2.76. The summed E-state index contributed by atoms with van der Waals surface area (Å²) in [6.45, 7) is 2.55. The second kappa shape index (κ2) is 6.32. The van der Waals surface area contributed by atoms with Crippen molar-refractivity contribution in [1.29, 1.82) is 0 Å². The molecule has 0 saturated heterocycles. The van der Waals surface area contributed by atoms with E-state index in [2.05, 4.69) is 25.5 Å². The zero-order valence-electron chi connectivity index (χ0n) is 13.6. The van der Waals surface area contributed by atoms with Crippen LogP contribution in [0, 0.1) is 12.7 Å². The molecule has 2 N–H and O–H groups in total. The van der Waals surface area contributed by atoms with Crippen LogP contribution in [0.3, 0.4) is 0 Å². The number of para-hydroxylation sites is 1. The number of nitrogens with zero attached hydrogens (tertiary/aromatic N) is 3. The van der Waals surface area contributed by atoms with Gasteiger partial charge in [-0.2, -0.15) is 5.10 Å². The molecule has 0 aliphatic heterocycles. The maximum absolute atomic E-state index is 13.0. The molecule has 0 saturated carbocycles. The summed E-state index contributed by atoms with van der Waals surface area (Å²) in [7, 11) is 0. The Balaban J connectivity index is 1.55. The van der Waals surface area contributed by atoms with Crippen LogP contribution in [0.4, 0.5) is 10.1 Å². The predicted molar refractivity (Wildman–Crippen MR) is 95.6 cm³/mol. The van der Waals surface area contributed by atoms with Gasteiger partial charge < -0.3 is 5.32 Å². The van der Waals surface area contributed by atoms with Crippen molar-refractivity contribution in [3.8, 4) is 11.4 Å². The van der Waals surface area contributed by atoms with E-state index in [1.165, 1.54) is 12.1 Å². The zero-order valence-corrected chi connectivity index (χ0v) is 13.6. The molecule has 4 rings (SSSR count). The highest BCUT2D eigenvalue weighted by molar-refractivity contribution is 5.92. The van der Waals surface area contributed by atoms with Gasteiger partial charge >= 0.3 is 0 Å². The second-order valence-corrected chi connectivity index (χ2v) is 5.80. The number of hydrogen-bond donors (Lipinski definition) is 2. The average Bonchev–Trinajstić information content (AvgIpc) is 3.10. The first-order valence-electron chi connectivity index (χ1n) is 7.96. The van der Waals surface area contributed by atoms with E-state index < -0.39 is 0 Å². The highest BCUT2D eigenvalue weighted by Gasteiger charge is 2.08. The van der Waals surface area contributed by atoms with Gasteiger partial charge in [-0.05, 0) is 42.8 Å². The lowest BCUT2D eigenvalue weighted by Gasteiger charge is -2.09. The molecule has 124 valence electrons. The lowest BCUT2D eigenvalue weighted by Crippen LogP contribution is -2.02. The summed E-state index contributed by atoms with van der Waals surface area (Å²) in [5.74, 6) is 0.977. The quantitative estimate of drug-likeness (QED) is 0.590. The fraction of sp³-hybridized carbons (Fsp3) is 0.105. The molecule has 0 atom stereocenters. The van der Waals surface area contributed by atoms with Crippen LogP contribution >= 0.6 is 0 Å². The molecule has 0 radical (unpaired) electrons. The van der Waals surface area contributed by atoms with Gasteiger partial charge in [0, 0.05) is 22.8 Å². The van der Waals surface area contributed by atoms with E-state index in [9.17, 15) is 4.39 Å². The van der Waals surface area contributed by atoms with Crippen LogP contribution in [0.15, 0.2) is 54.7 Å². The van der Waals surface area contributed by atoms with Gasteiger partial charge in [0.2, 0.25) is 0 Å². The Morgan fingerprint density at radius 2 is 1.92 bits per heavy atom. The molecule has 0 unspecified atom stereocenters. The van der Waals surface area contributed by atoms with E-state index in [1.807, 2.05) is 31.2 Å². The number of halogens is 1. The zero-order chi connectivity index (χ0) is 17.2. The molecule has 4 aromatic rings. The summed E-state index contributed by atoms with van der Waals surface area (Å²) in [4.78, 5) is 8.90. The van der Waals surface area contributed by atoms with Crippen molar-refractivity contribution < 1.29 is 4.39 Å². The number of aromatic amines is 1. The molecule has 0 aliphatic carbocycles. The number of aryl methyl sites for hydroxylation is 1. The van der Waals surface area contributed by atoms with Crippen LogP contribution in [-0.4, -0.2) is 20.2 Å². The van der Waals surface area contributed by atoms with Crippen molar-refractivity contribution >= 4 is 16.6 Å². The largest absolute Gasteiger partial charge is 0.377 e. The molecule has 2 heterocycles. The van der Waals surface area contributed by atoms with E-state index >= 15 is 0 Å². The Bertz CT molecular complexity index is 1020. The summed E-state index contributed by atoms with van der Waals surface area (Å²) < 4.78 is 13.0. The van der Waals surface area contributed by atoms with Crippen LogP contribution < -0.4 is 5.32 Å². The van der Waals surface area contributed by atoms with Gasteiger partial charge in [0.15, 0.2) is 5.82 Å². The molecular weight excluding hydrogens is 317 g/mol. The molecule has 0 bridgehead atoms. The number of anilines is 1. The minimum absolute atomic E-state index is 0.277. The van der Waals surface area contributed by atoms with Crippen molar-refractivity contribution in [2.75, 3.05) is 5.32 Å². The molecule has 5 nitrogen and oxygen atoms in total. The van der Waals surface area contributed by atoms with Crippen molar-refractivity contribution in [3.05, 3.63) is 71.9 Å². The number of aromatic nitrogens is 4. The monoisotopic (exact) mass is 333 g/mol. The van der Waals surface area contributed by atoms with Crippen LogP contribution in [-0.2, 0) is 6.54 Å². The van der Waals surface area contributed by atoms with E-state index in [-0.39, 0.29) is 5.82 Å². The number of hydrogen-bond acceptors (Lipinski definition) is 4.